The van der Waals surface area contributed by atoms with E-state index in [9.17, 15) is 39.6 Å². The van der Waals surface area contributed by atoms with Crippen LogP contribution in [0.2, 0.25) is 0 Å². The summed E-state index contributed by atoms with van der Waals surface area (Å²) in [5.41, 5.74) is 0. The summed E-state index contributed by atoms with van der Waals surface area (Å²) in [6.07, 6.45) is 61.9. The fourth-order valence-electron chi connectivity index (χ4n) is 8.44. The Kier molecular flexibility index (Phi) is 81.1. The first-order chi connectivity index (χ1) is 33.1. The summed E-state index contributed by atoms with van der Waals surface area (Å²) in [4.78, 5) is 40.7. The number of carboxylic acids is 4. The van der Waals surface area contributed by atoms with Gasteiger partial charge in [0.25, 0.3) is 0 Å². The van der Waals surface area contributed by atoms with Crippen LogP contribution in [0.25, 0.3) is 0 Å². The molecule has 0 atom stereocenters. The summed E-state index contributed by atoms with van der Waals surface area (Å²) in [6, 6.07) is 0. The van der Waals surface area contributed by atoms with Crippen molar-refractivity contribution >= 4 is 23.9 Å². The van der Waals surface area contributed by atoms with E-state index in [4.69, 9.17) is 0 Å². The van der Waals surface area contributed by atoms with E-state index in [1.165, 1.54) is 257 Å². The third-order valence-corrected chi connectivity index (χ3v) is 12.9. The average molecular weight is 1010 g/mol. The van der Waals surface area contributed by atoms with E-state index < -0.39 is 23.9 Å². The summed E-state index contributed by atoms with van der Waals surface area (Å²) in [5, 5.41) is 40.7. The van der Waals surface area contributed by atoms with Crippen LogP contribution in [-0.4, -0.2) is 23.9 Å². The van der Waals surface area contributed by atoms with Gasteiger partial charge in [-0.15, -0.1) is 0 Å². The van der Waals surface area contributed by atoms with Crippen molar-refractivity contribution in [3.8, 4) is 0 Å². The average Bonchev–Trinajstić information content (AvgIpc) is 3.30. The quantitative estimate of drug-likeness (QED) is 0.0430. The fourth-order valence-corrected chi connectivity index (χ4v) is 8.44. The summed E-state index contributed by atoms with van der Waals surface area (Å²) < 4.78 is 0. The van der Waals surface area contributed by atoms with Gasteiger partial charge in [0, 0.05) is 23.9 Å². The van der Waals surface area contributed by atoms with E-state index in [1.807, 2.05) is 0 Å². The zero-order valence-corrected chi connectivity index (χ0v) is 48.1. The Morgan fingerprint density at radius 3 is 0.362 bits per heavy atom. The third kappa shape index (κ3) is 93.2. The Morgan fingerprint density at radius 1 is 0.188 bits per heavy atom. The number of carbonyl (C=O) groups excluding carboxylic acids is 4. The molecule has 0 N–H and O–H groups in total. The molecule has 9 heteroatoms. The largest absolute Gasteiger partial charge is 4.00 e. The molecular weight excluding hydrogens is 897 g/mol. The maximum atomic E-state index is 10.2. The smallest absolute Gasteiger partial charge is 0.550 e. The summed E-state index contributed by atoms with van der Waals surface area (Å²) in [5.74, 6) is -3.62. The third-order valence-electron chi connectivity index (χ3n) is 12.9. The van der Waals surface area contributed by atoms with Crippen molar-refractivity contribution in [3.05, 3.63) is 0 Å². The van der Waals surface area contributed by atoms with Gasteiger partial charge in [0.1, 0.15) is 0 Å². The molecule has 0 bridgehead atoms. The molecule has 0 spiro atoms. The zero-order valence-electron chi connectivity index (χ0n) is 46.5. The minimum absolute atomic E-state index is 0. The summed E-state index contributed by atoms with van der Waals surface area (Å²) in [7, 11) is 0. The molecule has 0 aromatic rings. The van der Waals surface area contributed by atoms with Gasteiger partial charge >= 0.3 is 21.7 Å². The van der Waals surface area contributed by atoms with Gasteiger partial charge in [-0.2, -0.15) is 0 Å². The molecule has 408 valence electrons. The van der Waals surface area contributed by atoms with E-state index in [0.29, 0.717) is 0 Å². The summed E-state index contributed by atoms with van der Waals surface area (Å²) >= 11 is 0. The van der Waals surface area contributed by atoms with Gasteiger partial charge in [0.05, 0.1) is 0 Å². The van der Waals surface area contributed by atoms with Crippen molar-refractivity contribution in [2.75, 3.05) is 0 Å². The van der Waals surface area contributed by atoms with Crippen LogP contribution in [-0.2, 0) is 40.9 Å². The van der Waals surface area contributed by atoms with Crippen LogP contribution in [0, 0.1) is 0 Å². The van der Waals surface area contributed by atoms with Crippen LogP contribution in [0.3, 0.4) is 0 Å². The molecule has 0 heterocycles. The molecule has 0 fully saturated rings. The van der Waals surface area contributed by atoms with E-state index >= 15 is 0 Å². The second kappa shape index (κ2) is 73.1. The Bertz CT molecular complexity index is 825. The molecule has 0 radical (unpaired) electrons. The molecule has 0 aromatic carbocycles. The number of aliphatic carboxylic acids is 4. The first-order valence-electron chi connectivity index (χ1n) is 29.9. The molecule has 0 aromatic heterocycles. The van der Waals surface area contributed by atoms with Crippen LogP contribution in [0.1, 0.15) is 362 Å². The maximum absolute atomic E-state index is 10.2. The van der Waals surface area contributed by atoms with Gasteiger partial charge < -0.3 is 39.6 Å². The van der Waals surface area contributed by atoms with E-state index in [-0.39, 0.29) is 47.4 Å². The number of hydrogen-bond donors (Lipinski definition) is 0. The van der Waals surface area contributed by atoms with Crippen molar-refractivity contribution in [1.29, 1.82) is 0 Å². The normalized spacial score (nSPS) is 10.5. The molecule has 0 rings (SSSR count). The monoisotopic (exact) mass is 1010 g/mol. The molecule has 69 heavy (non-hydrogen) atoms. The van der Waals surface area contributed by atoms with Crippen LogP contribution in [0.15, 0.2) is 0 Å². The van der Waals surface area contributed by atoms with Crippen LogP contribution >= 0.6 is 0 Å². The van der Waals surface area contributed by atoms with Crippen LogP contribution in [0.5, 0.6) is 0 Å². The van der Waals surface area contributed by atoms with E-state index in [0.717, 1.165) is 51.4 Å². The first kappa shape index (κ1) is 76.5. The second-order valence-electron chi connectivity index (χ2n) is 20.0. The molecular formula is C60H116O8Ti. The molecule has 0 aliphatic rings. The van der Waals surface area contributed by atoms with Crippen molar-refractivity contribution in [2.24, 2.45) is 0 Å². The standard InChI is InChI=1S/4C15H30O2.Ti/c4*1-2-3-4-5-6-7-8-9-10-11-12-13-14-15(16)17;/h4*2-14H2,1H3,(H,16,17);/q;;;;+4/p-4. The number of unbranched alkanes of at least 4 members (excludes halogenated alkanes) is 44. The first-order valence-corrected chi connectivity index (χ1v) is 29.9. The number of rotatable bonds is 52. The molecule has 0 amide bonds. The Balaban J connectivity index is -0.000000263. The Labute approximate surface area is 444 Å². The number of carboxylic acid groups (broad SMARTS) is 4. The van der Waals surface area contributed by atoms with E-state index in [2.05, 4.69) is 27.7 Å². The van der Waals surface area contributed by atoms with Crippen LogP contribution in [0.4, 0.5) is 0 Å². The topological polar surface area (TPSA) is 161 Å². The van der Waals surface area contributed by atoms with Crippen molar-refractivity contribution < 1.29 is 61.3 Å². The Morgan fingerprint density at radius 2 is 0.275 bits per heavy atom. The van der Waals surface area contributed by atoms with Crippen molar-refractivity contribution in [1.82, 2.24) is 0 Å². The molecule has 0 unspecified atom stereocenters. The predicted octanol–water partition coefficient (Wildman–Crippen LogP) is 15.3. The Hall–Kier alpha value is -1.41. The van der Waals surface area contributed by atoms with Crippen molar-refractivity contribution in [3.63, 3.8) is 0 Å². The van der Waals surface area contributed by atoms with Gasteiger partial charge in [-0.05, 0) is 51.4 Å². The van der Waals surface area contributed by atoms with Gasteiger partial charge in [-0.1, -0.05) is 310 Å². The number of hydrogen-bond acceptors (Lipinski definition) is 8. The SMILES string of the molecule is CCCCCCCCCCCCCCC(=O)[O-].CCCCCCCCCCCCCCC(=O)[O-].CCCCCCCCCCCCCCC(=O)[O-].CCCCCCCCCCCCCCC(=O)[O-].[Ti+4]. The van der Waals surface area contributed by atoms with Gasteiger partial charge in [0.15, 0.2) is 0 Å². The summed E-state index contributed by atoms with van der Waals surface area (Å²) in [6.45, 7) is 9.00. The molecule has 0 aliphatic carbocycles. The number of carbonyl (C=O) groups is 4. The minimum atomic E-state index is -0.905. The molecule has 8 nitrogen and oxygen atoms in total. The van der Waals surface area contributed by atoms with Crippen molar-refractivity contribution in [2.45, 2.75) is 362 Å². The zero-order chi connectivity index (χ0) is 51.1. The van der Waals surface area contributed by atoms with Crippen LogP contribution < -0.4 is 20.4 Å². The molecule has 0 aliphatic heterocycles. The second-order valence-corrected chi connectivity index (χ2v) is 20.0. The fraction of sp³-hybridized carbons (Fsp3) is 0.933. The van der Waals surface area contributed by atoms with Gasteiger partial charge in [0.2, 0.25) is 0 Å². The van der Waals surface area contributed by atoms with E-state index in [1.54, 1.807) is 0 Å². The van der Waals surface area contributed by atoms with Gasteiger partial charge in [-0.25, -0.2) is 0 Å². The molecule has 0 saturated heterocycles. The predicted molar refractivity (Wildman–Crippen MR) is 283 cm³/mol. The molecule has 0 saturated carbocycles. The minimum Gasteiger partial charge on any atom is -0.550 e. The van der Waals surface area contributed by atoms with Gasteiger partial charge in [-0.3, -0.25) is 0 Å². The maximum Gasteiger partial charge on any atom is 4.00 e.